The van der Waals surface area contributed by atoms with E-state index in [4.69, 9.17) is 0 Å². The Bertz CT molecular complexity index is 499. The van der Waals surface area contributed by atoms with Gasteiger partial charge in [-0.25, -0.2) is 4.98 Å². The van der Waals surface area contributed by atoms with E-state index in [1.54, 1.807) is 0 Å². The molecule has 0 aliphatic carbocycles. The number of benzene rings is 1. The van der Waals surface area contributed by atoms with E-state index >= 15 is 0 Å². The van der Waals surface area contributed by atoms with Crippen molar-refractivity contribution < 1.29 is 0 Å². The third-order valence-electron chi connectivity index (χ3n) is 3.73. The first kappa shape index (κ1) is 15.9. The molecule has 1 heterocycles. The summed E-state index contributed by atoms with van der Waals surface area (Å²) in [6.07, 6.45) is 5.04. The van der Waals surface area contributed by atoms with E-state index in [-0.39, 0.29) is 0 Å². The highest BCUT2D eigenvalue weighted by Gasteiger charge is 2.27. The maximum Gasteiger partial charge on any atom is 0.166 e. The molecule has 1 N–H and O–H groups in total. The van der Waals surface area contributed by atoms with Crippen LogP contribution in [0.5, 0.6) is 0 Å². The lowest BCUT2D eigenvalue weighted by molar-refractivity contribution is 0.320. The van der Waals surface area contributed by atoms with Crippen LogP contribution in [0.15, 0.2) is 29.4 Å². The van der Waals surface area contributed by atoms with E-state index in [1.807, 2.05) is 23.9 Å². The summed E-state index contributed by atoms with van der Waals surface area (Å²) in [5.74, 6) is 1.12. The number of imidazole rings is 1. The van der Waals surface area contributed by atoms with Gasteiger partial charge in [0.25, 0.3) is 0 Å². The van der Waals surface area contributed by atoms with Crippen molar-refractivity contribution in [1.29, 1.82) is 0 Å². The van der Waals surface area contributed by atoms with Crippen LogP contribution in [-0.4, -0.2) is 21.1 Å². The first-order valence-corrected chi connectivity index (χ1v) is 9.47. The number of nitrogens with zero attached hydrogens (tertiary/aromatic N) is 1. The van der Waals surface area contributed by atoms with E-state index < -0.39 is 0 Å². The summed E-state index contributed by atoms with van der Waals surface area (Å²) in [5, 5.41) is 2.12. The molecule has 0 radical (unpaired) electrons. The zero-order valence-electron chi connectivity index (χ0n) is 12.3. The van der Waals surface area contributed by atoms with Gasteiger partial charge in [0, 0.05) is 11.1 Å². The number of aromatic nitrogens is 2. The predicted molar refractivity (Wildman–Crippen MR) is 92.9 cm³/mol. The number of thioether (sulfide) groups is 1. The maximum absolute atomic E-state index is 4.66. The van der Waals surface area contributed by atoms with E-state index in [2.05, 4.69) is 51.9 Å². The zero-order chi connectivity index (χ0) is 14.4. The number of aromatic amines is 1. The highest BCUT2D eigenvalue weighted by molar-refractivity contribution is 9.09. The van der Waals surface area contributed by atoms with Crippen LogP contribution >= 0.6 is 27.7 Å². The number of para-hydroxylation sites is 2. The van der Waals surface area contributed by atoms with Crippen LogP contribution < -0.4 is 0 Å². The molecule has 0 saturated carbocycles. The first-order chi connectivity index (χ1) is 9.73. The summed E-state index contributed by atoms with van der Waals surface area (Å²) in [6.45, 7) is 4.55. The van der Waals surface area contributed by atoms with Gasteiger partial charge in [0.2, 0.25) is 0 Å². The van der Waals surface area contributed by atoms with Gasteiger partial charge in [0.1, 0.15) is 0 Å². The molecule has 0 bridgehead atoms. The fourth-order valence-electron chi connectivity index (χ4n) is 2.72. The van der Waals surface area contributed by atoms with Crippen LogP contribution in [-0.2, 0) is 0 Å². The van der Waals surface area contributed by atoms with Crippen molar-refractivity contribution in [1.82, 2.24) is 9.97 Å². The quantitative estimate of drug-likeness (QED) is 0.491. The number of rotatable bonds is 8. The Morgan fingerprint density at radius 1 is 1.20 bits per heavy atom. The Balaban J connectivity index is 2.07. The van der Waals surface area contributed by atoms with Crippen molar-refractivity contribution >= 4 is 38.7 Å². The number of H-pyrrole nitrogens is 1. The molecule has 2 rings (SSSR count). The van der Waals surface area contributed by atoms with Crippen LogP contribution in [0.3, 0.4) is 0 Å². The molecular formula is C16H23BrN2S. The molecule has 2 nitrogen and oxygen atoms in total. The topological polar surface area (TPSA) is 28.7 Å². The SMILES string of the molecule is CCCC(CBr)(CCC)CSc1nc2ccccc2[nH]1. The summed E-state index contributed by atoms with van der Waals surface area (Å²) in [5.41, 5.74) is 2.59. The minimum atomic E-state index is 0.396. The van der Waals surface area contributed by atoms with E-state index in [0.29, 0.717) is 5.41 Å². The summed E-state index contributed by atoms with van der Waals surface area (Å²) in [7, 11) is 0. The molecule has 2 aromatic rings. The van der Waals surface area contributed by atoms with Crippen LogP contribution in [0.2, 0.25) is 0 Å². The lowest BCUT2D eigenvalue weighted by Crippen LogP contribution is -2.25. The molecule has 0 saturated heterocycles. The molecule has 20 heavy (non-hydrogen) atoms. The Labute approximate surface area is 134 Å². The van der Waals surface area contributed by atoms with Crippen LogP contribution in [0.1, 0.15) is 39.5 Å². The summed E-state index contributed by atoms with van der Waals surface area (Å²) >= 11 is 5.60. The van der Waals surface area contributed by atoms with Crippen molar-refractivity contribution in [3.05, 3.63) is 24.3 Å². The van der Waals surface area contributed by atoms with Gasteiger partial charge < -0.3 is 4.98 Å². The zero-order valence-corrected chi connectivity index (χ0v) is 14.7. The van der Waals surface area contributed by atoms with Gasteiger partial charge in [0.05, 0.1) is 11.0 Å². The molecule has 0 amide bonds. The number of hydrogen-bond acceptors (Lipinski definition) is 2. The molecule has 0 spiro atoms. The summed E-state index contributed by atoms with van der Waals surface area (Å²) in [4.78, 5) is 8.08. The molecule has 0 unspecified atom stereocenters. The Hall–Kier alpha value is -0.480. The largest absolute Gasteiger partial charge is 0.333 e. The Morgan fingerprint density at radius 3 is 2.50 bits per heavy atom. The van der Waals surface area contributed by atoms with Gasteiger partial charge in [0.15, 0.2) is 5.16 Å². The maximum atomic E-state index is 4.66. The van der Waals surface area contributed by atoms with Crippen LogP contribution in [0, 0.1) is 5.41 Å². The van der Waals surface area contributed by atoms with Crippen LogP contribution in [0.4, 0.5) is 0 Å². The number of alkyl halides is 1. The third-order valence-corrected chi connectivity index (χ3v) is 6.14. The molecule has 4 heteroatoms. The van der Waals surface area contributed by atoms with Gasteiger partial charge >= 0.3 is 0 Å². The molecular weight excluding hydrogens is 332 g/mol. The second-order valence-electron chi connectivity index (χ2n) is 5.48. The lowest BCUT2D eigenvalue weighted by atomic mass is 9.83. The predicted octanol–water partition coefficient (Wildman–Crippen LogP) is 5.64. The number of halogens is 1. The average Bonchev–Trinajstić information content (AvgIpc) is 2.88. The minimum absolute atomic E-state index is 0.396. The van der Waals surface area contributed by atoms with Crippen LogP contribution in [0.25, 0.3) is 11.0 Å². The smallest absolute Gasteiger partial charge is 0.166 e. The Kier molecular flexibility index (Phi) is 5.97. The normalized spacial score (nSPS) is 12.2. The summed E-state index contributed by atoms with van der Waals surface area (Å²) in [6, 6.07) is 8.23. The monoisotopic (exact) mass is 354 g/mol. The van der Waals surface area contributed by atoms with Gasteiger partial charge in [-0.15, -0.1) is 0 Å². The number of fused-ring (bicyclic) bond motifs is 1. The molecule has 0 fully saturated rings. The van der Waals surface area contributed by atoms with Crippen molar-refractivity contribution in [2.24, 2.45) is 5.41 Å². The highest BCUT2D eigenvalue weighted by Crippen LogP contribution is 2.37. The highest BCUT2D eigenvalue weighted by atomic mass is 79.9. The molecule has 0 aliphatic rings. The van der Waals surface area contributed by atoms with Gasteiger partial charge in [-0.2, -0.15) is 0 Å². The average molecular weight is 355 g/mol. The standard InChI is InChI=1S/C16H23BrN2S/c1-3-9-16(11-17,10-4-2)12-20-15-18-13-7-5-6-8-14(13)19-15/h5-8H,3-4,9-12H2,1-2H3,(H,18,19). The minimum Gasteiger partial charge on any atom is -0.333 e. The molecule has 0 aliphatic heterocycles. The second kappa shape index (κ2) is 7.51. The molecule has 1 aromatic carbocycles. The van der Waals surface area contributed by atoms with Gasteiger partial charge in [-0.3, -0.25) is 0 Å². The fraction of sp³-hybridized carbons (Fsp3) is 0.562. The van der Waals surface area contributed by atoms with E-state index in [0.717, 1.165) is 27.3 Å². The number of nitrogens with one attached hydrogen (secondary N) is 1. The number of hydrogen-bond donors (Lipinski definition) is 1. The van der Waals surface area contributed by atoms with Gasteiger partial charge in [-0.05, 0) is 30.4 Å². The van der Waals surface area contributed by atoms with E-state index in [9.17, 15) is 0 Å². The van der Waals surface area contributed by atoms with E-state index in [1.165, 1.54) is 25.7 Å². The molecule has 1 aromatic heterocycles. The molecule has 0 atom stereocenters. The first-order valence-electron chi connectivity index (χ1n) is 7.36. The summed E-state index contributed by atoms with van der Waals surface area (Å²) < 4.78 is 0. The Morgan fingerprint density at radius 2 is 1.90 bits per heavy atom. The third kappa shape index (κ3) is 3.79. The van der Waals surface area contributed by atoms with Crippen molar-refractivity contribution in [3.63, 3.8) is 0 Å². The van der Waals surface area contributed by atoms with Crippen molar-refractivity contribution in [2.45, 2.75) is 44.7 Å². The van der Waals surface area contributed by atoms with Crippen molar-refractivity contribution in [2.75, 3.05) is 11.1 Å². The fourth-order valence-corrected chi connectivity index (χ4v) is 4.92. The van der Waals surface area contributed by atoms with Gasteiger partial charge in [-0.1, -0.05) is 66.5 Å². The second-order valence-corrected chi connectivity index (χ2v) is 7.01. The van der Waals surface area contributed by atoms with Crippen molar-refractivity contribution in [3.8, 4) is 0 Å². The molecule has 110 valence electrons. The lowest BCUT2D eigenvalue weighted by Gasteiger charge is -2.30.